The summed E-state index contributed by atoms with van der Waals surface area (Å²) in [6, 6.07) is 5.76. The molecule has 3 N–H and O–H groups in total. The van der Waals surface area contributed by atoms with Crippen LogP contribution in [0, 0.1) is 19.8 Å². The number of nitrogens with one attached hydrogen (secondary N) is 3. The fourth-order valence-corrected chi connectivity index (χ4v) is 4.04. The Balaban J connectivity index is 1.64. The standard InChI is InChI=1S/C22H27N5O3/c1-12-6-8-27(9-7-12)22-25-19-18(21(30)26-22)15(11-17(28)24-19)20(29)23-16-10-13(2)4-5-14(16)3/h4-5,10,12,15H,6-9,11H2,1-3H3,(H,23,29)(H2,24,25,26,28,30)/t15-/m0/s1. The fourth-order valence-electron chi connectivity index (χ4n) is 4.04. The lowest BCUT2D eigenvalue weighted by atomic mass is 9.92. The third-order valence-electron chi connectivity index (χ3n) is 5.99. The Bertz CT molecular complexity index is 1050. The summed E-state index contributed by atoms with van der Waals surface area (Å²) in [5, 5.41) is 5.56. The van der Waals surface area contributed by atoms with E-state index >= 15 is 0 Å². The number of H-pyrrole nitrogens is 1. The molecule has 1 aromatic carbocycles. The predicted molar refractivity (Wildman–Crippen MR) is 116 cm³/mol. The first-order valence-electron chi connectivity index (χ1n) is 10.4. The largest absolute Gasteiger partial charge is 0.342 e. The van der Waals surface area contributed by atoms with Crippen molar-refractivity contribution in [2.45, 2.75) is 46.0 Å². The SMILES string of the molecule is Cc1ccc(C)c(NC(=O)[C@H]2CC(=O)Nc3nc(N4CCC(C)CC4)[nH]c(=O)c32)c1. The molecular formula is C22H27N5O3. The minimum Gasteiger partial charge on any atom is -0.342 e. The van der Waals surface area contributed by atoms with Gasteiger partial charge in [-0.15, -0.1) is 0 Å². The third-order valence-corrected chi connectivity index (χ3v) is 5.99. The van der Waals surface area contributed by atoms with Gasteiger partial charge in [-0.2, -0.15) is 4.98 Å². The number of hydrogen-bond donors (Lipinski definition) is 3. The van der Waals surface area contributed by atoms with Crippen LogP contribution in [-0.4, -0.2) is 34.9 Å². The molecule has 0 spiro atoms. The van der Waals surface area contributed by atoms with E-state index in [2.05, 4.69) is 27.5 Å². The van der Waals surface area contributed by atoms with E-state index in [1.54, 1.807) is 0 Å². The maximum absolute atomic E-state index is 13.0. The summed E-state index contributed by atoms with van der Waals surface area (Å²) in [6.07, 6.45) is 1.96. The molecule has 1 atom stereocenters. The van der Waals surface area contributed by atoms with Gasteiger partial charge in [-0.3, -0.25) is 19.4 Å². The summed E-state index contributed by atoms with van der Waals surface area (Å²) >= 11 is 0. The number of aromatic nitrogens is 2. The first kappa shape index (κ1) is 20.1. The highest BCUT2D eigenvalue weighted by Crippen LogP contribution is 2.31. The molecule has 0 radical (unpaired) electrons. The smallest absolute Gasteiger partial charge is 0.258 e. The van der Waals surface area contributed by atoms with Crippen LogP contribution in [0.5, 0.6) is 0 Å². The van der Waals surface area contributed by atoms with Crippen LogP contribution >= 0.6 is 0 Å². The third kappa shape index (κ3) is 3.94. The lowest BCUT2D eigenvalue weighted by molar-refractivity contribution is -0.123. The molecule has 158 valence electrons. The van der Waals surface area contributed by atoms with Gasteiger partial charge in [-0.05, 0) is 49.8 Å². The summed E-state index contributed by atoms with van der Waals surface area (Å²) in [6.45, 7) is 7.65. The Morgan fingerprint density at radius 2 is 1.93 bits per heavy atom. The van der Waals surface area contributed by atoms with Crippen LogP contribution in [0.4, 0.5) is 17.5 Å². The van der Waals surface area contributed by atoms with Gasteiger partial charge in [-0.25, -0.2) is 0 Å². The van der Waals surface area contributed by atoms with Crippen molar-refractivity contribution in [3.63, 3.8) is 0 Å². The molecule has 30 heavy (non-hydrogen) atoms. The van der Waals surface area contributed by atoms with Gasteiger partial charge < -0.3 is 15.5 Å². The summed E-state index contributed by atoms with van der Waals surface area (Å²) in [7, 11) is 0. The average Bonchev–Trinajstić information content (AvgIpc) is 2.70. The maximum Gasteiger partial charge on any atom is 0.258 e. The first-order chi connectivity index (χ1) is 14.3. The van der Waals surface area contributed by atoms with Gasteiger partial charge in [0.2, 0.25) is 17.8 Å². The van der Waals surface area contributed by atoms with E-state index in [0.717, 1.165) is 37.1 Å². The van der Waals surface area contributed by atoms with Crippen molar-refractivity contribution in [3.05, 3.63) is 45.2 Å². The highest BCUT2D eigenvalue weighted by molar-refractivity contribution is 6.04. The van der Waals surface area contributed by atoms with Crippen LogP contribution < -0.4 is 21.1 Å². The van der Waals surface area contributed by atoms with Crippen LogP contribution in [0.15, 0.2) is 23.0 Å². The zero-order valence-corrected chi connectivity index (χ0v) is 17.5. The van der Waals surface area contributed by atoms with Crippen molar-refractivity contribution in [1.82, 2.24) is 9.97 Å². The van der Waals surface area contributed by atoms with E-state index in [1.807, 2.05) is 36.9 Å². The monoisotopic (exact) mass is 409 g/mol. The van der Waals surface area contributed by atoms with Crippen LogP contribution in [0.3, 0.4) is 0 Å². The molecule has 0 bridgehead atoms. The van der Waals surface area contributed by atoms with E-state index in [9.17, 15) is 14.4 Å². The molecule has 4 rings (SSSR count). The zero-order valence-electron chi connectivity index (χ0n) is 17.5. The number of benzene rings is 1. The van der Waals surface area contributed by atoms with E-state index in [1.165, 1.54) is 0 Å². The highest BCUT2D eigenvalue weighted by Gasteiger charge is 2.35. The number of amides is 2. The van der Waals surface area contributed by atoms with Crippen molar-refractivity contribution in [2.75, 3.05) is 28.6 Å². The van der Waals surface area contributed by atoms with Gasteiger partial charge >= 0.3 is 0 Å². The maximum atomic E-state index is 13.0. The number of hydrogen-bond acceptors (Lipinski definition) is 5. The molecule has 1 fully saturated rings. The van der Waals surface area contributed by atoms with Crippen molar-refractivity contribution >= 4 is 29.3 Å². The van der Waals surface area contributed by atoms with Gasteiger partial charge in [0.25, 0.3) is 5.56 Å². The van der Waals surface area contributed by atoms with Crippen molar-refractivity contribution in [1.29, 1.82) is 0 Å². The van der Waals surface area contributed by atoms with E-state index in [-0.39, 0.29) is 35.2 Å². The van der Waals surface area contributed by atoms with Crippen molar-refractivity contribution in [3.8, 4) is 0 Å². The molecule has 8 nitrogen and oxygen atoms in total. The molecule has 2 aliphatic rings. The molecule has 1 saturated heterocycles. The number of aryl methyl sites for hydroxylation is 2. The van der Waals surface area contributed by atoms with E-state index in [4.69, 9.17) is 0 Å². The molecule has 0 unspecified atom stereocenters. The molecule has 8 heteroatoms. The number of nitrogens with zero attached hydrogens (tertiary/aromatic N) is 2. The average molecular weight is 409 g/mol. The normalized spacial score (nSPS) is 19.2. The Hall–Kier alpha value is -3.16. The van der Waals surface area contributed by atoms with Gasteiger partial charge in [-0.1, -0.05) is 19.1 Å². The second kappa shape index (κ2) is 7.93. The number of fused-ring (bicyclic) bond motifs is 1. The molecule has 2 aromatic rings. The van der Waals surface area contributed by atoms with Gasteiger partial charge in [0.05, 0.1) is 11.5 Å². The number of rotatable bonds is 3. The Labute approximate surface area is 175 Å². The van der Waals surface area contributed by atoms with Gasteiger partial charge in [0.15, 0.2) is 0 Å². The molecule has 2 amide bonds. The zero-order chi connectivity index (χ0) is 21.4. The molecule has 3 heterocycles. The number of anilines is 3. The first-order valence-corrected chi connectivity index (χ1v) is 10.4. The minimum atomic E-state index is -0.889. The Morgan fingerprint density at radius 1 is 1.20 bits per heavy atom. The topological polar surface area (TPSA) is 107 Å². The second-order valence-electron chi connectivity index (χ2n) is 8.43. The molecule has 2 aliphatic heterocycles. The fraction of sp³-hybridized carbons (Fsp3) is 0.455. The molecule has 1 aromatic heterocycles. The number of piperidine rings is 1. The van der Waals surface area contributed by atoms with Crippen LogP contribution in [0.25, 0.3) is 0 Å². The van der Waals surface area contributed by atoms with Crippen molar-refractivity contribution in [2.24, 2.45) is 5.92 Å². The summed E-state index contributed by atoms with van der Waals surface area (Å²) < 4.78 is 0. The van der Waals surface area contributed by atoms with E-state index in [0.29, 0.717) is 17.6 Å². The lowest BCUT2D eigenvalue weighted by Crippen LogP contribution is -2.39. The number of carbonyl (C=O) groups excluding carboxylic acids is 2. The van der Waals surface area contributed by atoms with Crippen LogP contribution in [0.1, 0.15) is 48.8 Å². The summed E-state index contributed by atoms with van der Waals surface area (Å²) in [5.41, 5.74) is 2.44. The predicted octanol–water partition coefficient (Wildman–Crippen LogP) is 2.69. The Kier molecular flexibility index (Phi) is 5.32. The van der Waals surface area contributed by atoms with Crippen molar-refractivity contribution < 1.29 is 9.59 Å². The minimum absolute atomic E-state index is 0.0883. The van der Waals surface area contributed by atoms with E-state index < -0.39 is 5.92 Å². The highest BCUT2D eigenvalue weighted by atomic mass is 16.2. The summed E-state index contributed by atoms with van der Waals surface area (Å²) in [4.78, 5) is 47.6. The summed E-state index contributed by atoms with van der Waals surface area (Å²) in [5.74, 6) is -0.318. The van der Waals surface area contributed by atoms with Gasteiger partial charge in [0, 0.05) is 25.2 Å². The molecule has 0 saturated carbocycles. The molecular weight excluding hydrogens is 382 g/mol. The van der Waals surface area contributed by atoms with Gasteiger partial charge in [0.1, 0.15) is 5.82 Å². The number of aromatic amines is 1. The van der Waals surface area contributed by atoms with Crippen LogP contribution in [0.2, 0.25) is 0 Å². The molecule has 0 aliphatic carbocycles. The van der Waals surface area contributed by atoms with Crippen LogP contribution in [-0.2, 0) is 9.59 Å². The quantitative estimate of drug-likeness (QED) is 0.723. The Morgan fingerprint density at radius 3 is 2.67 bits per heavy atom. The lowest BCUT2D eigenvalue weighted by Gasteiger charge is -2.31. The second-order valence-corrected chi connectivity index (χ2v) is 8.43. The number of carbonyl (C=O) groups is 2.